The van der Waals surface area contributed by atoms with Crippen molar-refractivity contribution >= 4 is 17.3 Å². The summed E-state index contributed by atoms with van der Waals surface area (Å²) in [5, 5.41) is 10.0. The van der Waals surface area contributed by atoms with Crippen LogP contribution in [0.15, 0.2) is 48.7 Å². The van der Waals surface area contributed by atoms with Crippen LogP contribution < -0.4 is 9.47 Å². The number of rotatable bonds is 7. The van der Waals surface area contributed by atoms with Crippen molar-refractivity contribution in [2.24, 2.45) is 0 Å². The molecule has 158 valence electrons. The summed E-state index contributed by atoms with van der Waals surface area (Å²) in [5.74, 6) is -1.43. The Morgan fingerprint density at radius 1 is 1.20 bits per heavy atom. The maximum Gasteiger partial charge on any atom is 0.573 e. The highest BCUT2D eigenvalue weighted by Gasteiger charge is 2.31. The van der Waals surface area contributed by atoms with Crippen LogP contribution in [-0.4, -0.2) is 29.5 Å². The zero-order valence-electron chi connectivity index (χ0n) is 16.1. The van der Waals surface area contributed by atoms with E-state index in [1.807, 2.05) is 6.92 Å². The lowest BCUT2D eigenvalue weighted by Crippen LogP contribution is -2.17. The van der Waals surface area contributed by atoms with Crippen LogP contribution in [-0.2, 0) is 4.79 Å². The van der Waals surface area contributed by atoms with E-state index >= 15 is 0 Å². The van der Waals surface area contributed by atoms with Gasteiger partial charge >= 0.3 is 12.3 Å². The van der Waals surface area contributed by atoms with Crippen LogP contribution in [0.1, 0.15) is 27.8 Å². The quantitative estimate of drug-likeness (QED) is 0.519. The van der Waals surface area contributed by atoms with Crippen LogP contribution >= 0.6 is 11.3 Å². The summed E-state index contributed by atoms with van der Waals surface area (Å²) in [7, 11) is 1.47. The Hall–Kier alpha value is -3.07. The number of carboxylic acids is 1. The van der Waals surface area contributed by atoms with Gasteiger partial charge in [-0.15, -0.1) is 24.5 Å². The third-order valence-electron chi connectivity index (χ3n) is 4.32. The summed E-state index contributed by atoms with van der Waals surface area (Å²) in [6, 6.07) is 10.7. The van der Waals surface area contributed by atoms with E-state index < -0.39 is 18.2 Å². The molecule has 9 heteroatoms. The summed E-state index contributed by atoms with van der Waals surface area (Å²) in [6.45, 7) is 1.87. The van der Waals surface area contributed by atoms with Gasteiger partial charge in [-0.1, -0.05) is 18.2 Å². The molecular formula is C21H18F3NO4S. The highest BCUT2D eigenvalue weighted by atomic mass is 32.1. The number of benzene rings is 2. The number of halogens is 3. The SMILES string of the molecule is COc1ccc(-c2cccc(OC(F)(F)F)c2)cc1C(CC(=O)O)c1ncc(C)s1. The molecule has 0 aliphatic rings. The van der Waals surface area contributed by atoms with Gasteiger partial charge in [0.15, 0.2) is 0 Å². The van der Waals surface area contributed by atoms with Gasteiger partial charge in [-0.3, -0.25) is 4.79 Å². The van der Waals surface area contributed by atoms with Crippen LogP contribution in [0.2, 0.25) is 0 Å². The van der Waals surface area contributed by atoms with E-state index in [2.05, 4.69) is 9.72 Å². The molecule has 2 aromatic carbocycles. The number of aryl methyl sites for hydroxylation is 1. The maximum absolute atomic E-state index is 12.6. The lowest BCUT2D eigenvalue weighted by molar-refractivity contribution is -0.274. The Morgan fingerprint density at radius 3 is 2.53 bits per heavy atom. The number of methoxy groups -OCH3 is 1. The molecule has 1 N–H and O–H groups in total. The normalized spacial score (nSPS) is 12.4. The molecule has 30 heavy (non-hydrogen) atoms. The number of carboxylic acid groups (broad SMARTS) is 1. The molecule has 1 heterocycles. The molecule has 0 radical (unpaired) electrons. The lowest BCUT2D eigenvalue weighted by atomic mass is 9.92. The van der Waals surface area contributed by atoms with Crippen molar-refractivity contribution < 1.29 is 32.5 Å². The lowest BCUT2D eigenvalue weighted by Gasteiger charge is -2.18. The average Bonchev–Trinajstić information content (AvgIpc) is 3.10. The molecule has 3 aromatic rings. The van der Waals surface area contributed by atoms with Gasteiger partial charge in [0.25, 0.3) is 0 Å². The summed E-state index contributed by atoms with van der Waals surface area (Å²) < 4.78 is 47.1. The monoisotopic (exact) mass is 437 g/mol. The van der Waals surface area contributed by atoms with E-state index in [0.29, 0.717) is 27.4 Å². The molecule has 0 bridgehead atoms. The van der Waals surface area contributed by atoms with Crippen molar-refractivity contribution in [3.63, 3.8) is 0 Å². The third-order valence-corrected chi connectivity index (χ3v) is 5.35. The molecule has 3 rings (SSSR count). The van der Waals surface area contributed by atoms with E-state index in [4.69, 9.17) is 4.74 Å². The number of hydrogen-bond acceptors (Lipinski definition) is 5. The van der Waals surface area contributed by atoms with Crippen molar-refractivity contribution in [1.29, 1.82) is 0 Å². The van der Waals surface area contributed by atoms with Gasteiger partial charge in [0.2, 0.25) is 0 Å². The van der Waals surface area contributed by atoms with E-state index in [1.54, 1.807) is 30.5 Å². The zero-order chi connectivity index (χ0) is 21.9. The first-order valence-electron chi connectivity index (χ1n) is 8.84. The number of alkyl halides is 3. The van der Waals surface area contributed by atoms with Crippen molar-refractivity contribution in [3.05, 3.63) is 64.1 Å². The molecule has 0 aliphatic heterocycles. The van der Waals surface area contributed by atoms with Crippen LogP contribution in [0.4, 0.5) is 13.2 Å². The molecule has 1 atom stereocenters. The van der Waals surface area contributed by atoms with Gasteiger partial charge < -0.3 is 14.6 Å². The van der Waals surface area contributed by atoms with Crippen LogP contribution in [0.25, 0.3) is 11.1 Å². The molecule has 0 amide bonds. The minimum atomic E-state index is -4.79. The number of aliphatic carboxylic acids is 1. The van der Waals surface area contributed by atoms with Crippen molar-refractivity contribution in [2.45, 2.75) is 25.6 Å². The topological polar surface area (TPSA) is 68.7 Å². The number of thiazole rings is 1. The van der Waals surface area contributed by atoms with Crippen molar-refractivity contribution in [2.75, 3.05) is 7.11 Å². The molecule has 0 aliphatic carbocycles. The summed E-state index contributed by atoms with van der Waals surface area (Å²) in [4.78, 5) is 16.8. The van der Waals surface area contributed by atoms with Gasteiger partial charge in [0.05, 0.1) is 19.4 Å². The largest absolute Gasteiger partial charge is 0.573 e. The average molecular weight is 437 g/mol. The Kier molecular flexibility index (Phi) is 6.31. The first-order valence-corrected chi connectivity index (χ1v) is 9.66. The fourth-order valence-electron chi connectivity index (χ4n) is 3.10. The number of hydrogen-bond donors (Lipinski definition) is 1. The number of nitrogens with zero attached hydrogens (tertiary/aromatic N) is 1. The molecule has 5 nitrogen and oxygen atoms in total. The zero-order valence-corrected chi connectivity index (χ0v) is 16.9. The fourth-order valence-corrected chi connectivity index (χ4v) is 3.99. The fraction of sp³-hybridized carbons (Fsp3) is 0.238. The molecule has 0 saturated heterocycles. The van der Waals surface area contributed by atoms with Gasteiger partial charge in [-0.05, 0) is 42.3 Å². The Bertz CT molecular complexity index is 1050. The van der Waals surface area contributed by atoms with Gasteiger partial charge in [-0.25, -0.2) is 4.98 Å². The predicted octanol–water partition coefficient (Wildman–Crippen LogP) is 5.63. The minimum absolute atomic E-state index is 0.204. The van der Waals surface area contributed by atoms with Crippen LogP contribution in [0.3, 0.4) is 0 Å². The number of carbonyl (C=O) groups is 1. The highest BCUT2D eigenvalue weighted by molar-refractivity contribution is 7.11. The van der Waals surface area contributed by atoms with E-state index in [-0.39, 0.29) is 12.2 Å². The standard InChI is InChI=1S/C21H18F3NO4S/c1-12-11-25-20(30-12)17(10-19(26)27)16-9-14(6-7-18(16)28-2)13-4-3-5-15(8-13)29-21(22,23)24/h3-9,11,17H,10H2,1-2H3,(H,26,27). The van der Waals surface area contributed by atoms with E-state index in [9.17, 15) is 23.1 Å². The molecule has 0 fully saturated rings. The Morgan fingerprint density at radius 2 is 1.93 bits per heavy atom. The smallest absolute Gasteiger partial charge is 0.496 e. The first kappa shape index (κ1) is 21.6. The molecule has 0 saturated carbocycles. The maximum atomic E-state index is 12.6. The summed E-state index contributed by atoms with van der Waals surface area (Å²) in [5.41, 5.74) is 1.68. The molecule has 1 unspecified atom stereocenters. The summed E-state index contributed by atoms with van der Waals surface area (Å²) >= 11 is 1.39. The second-order valence-electron chi connectivity index (χ2n) is 6.49. The Balaban J connectivity index is 2.07. The second kappa shape index (κ2) is 8.74. The van der Waals surface area contributed by atoms with E-state index in [1.165, 1.54) is 36.6 Å². The highest BCUT2D eigenvalue weighted by Crippen LogP contribution is 2.39. The number of aromatic nitrogens is 1. The third kappa shape index (κ3) is 5.29. The number of ether oxygens (including phenoxy) is 2. The van der Waals surface area contributed by atoms with Gasteiger partial charge in [0, 0.05) is 16.6 Å². The second-order valence-corrected chi connectivity index (χ2v) is 7.76. The molecular weight excluding hydrogens is 419 g/mol. The van der Waals surface area contributed by atoms with Gasteiger partial charge in [-0.2, -0.15) is 0 Å². The first-order chi connectivity index (χ1) is 14.2. The van der Waals surface area contributed by atoms with Crippen LogP contribution in [0.5, 0.6) is 11.5 Å². The van der Waals surface area contributed by atoms with Crippen molar-refractivity contribution in [1.82, 2.24) is 4.98 Å². The minimum Gasteiger partial charge on any atom is -0.496 e. The molecule has 0 spiro atoms. The van der Waals surface area contributed by atoms with E-state index in [0.717, 1.165) is 4.88 Å². The van der Waals surface area contributed by atoms with Crippen LogP contribution in [0, 0.1) is 6.92 Å². The van der Waals surface area contributed by atoms with Crippen molar-refractivity contribution in [3.8, 4) is 22.6 Å². The Labute approximate surface area is 174 Å². The van der Waals surface area contributed by atoms with Gasteiger partial charge in [0.1, 0.15) is 16.5 Å². The molecule has 1 aromatic heterocycles. The predicted molar refractivity (Wildman–Crippen MR) is 106 cm³/mol. The summed E-state index contributed by atoms with van der Waals surface area (Å²) in [6.07, 6.45) is -3.33.